The maximum Gasteiger partial charge on any atom is 0.223 e. The highest BCUT2D eigenvalue weighted by Crippen LogP contribution is 2.21. The van der Waals surface area contributed by atoms with Crippen LogP contribution < -0.4 is 5.32 Å². The Labute approximate surface area is 156 Å². The molecule has 3 rings (SSSR count). The van der Waals surface area contributed by atoms with Gasteiger partial charge in [-0.2, -0.15) is 0 Å². The third kappa shape index (κ3) is 4.43. The molecule has 1 N–H and O–H groups in total. The van der Waals surface area contributed by atoms with Crippen molar-refractivity contribution < 1.29 is 9.18 Å². The Kier molecular flexibility index (Phi) is 5.93. The fraction of sp³-hybridized carbons (Fsp3) is 0.300. The van der Waals surface area contributed by atoms with Crippen LogP contribution >= 0.6 is 11.8 Å². The highest BCUT2D eigenvalue weighted by molar-refractivity contribution is 7.99. The number of hydrogen-bond donors (Lipinski definition) is 1. The number of nitrogens with zero attached hydrogens (tertiary/aromatic N) is 2. The number of aryl methyl sites for hydroxylation is 1. The zero-order valence-corrected chi connectivity index (χ0v) is 15.7. The van der Waals surface area contributed by atoms with Gasteiger partial charge in [-0.25, -0.2) is 9.37 Å². The van der Waals surface area contributed by atoms with Crippen molar-refractivity contribution >= 4 is 28.7 Å². The average molecular weight is 371 g/mol. The first kappa shape index (κ1) is 18.5. The van der Waals surface area contributed by atoms with Crippen molar-refractivity contribution in [2.75, 3.05) is 12.3 Å². The number of amides is 1. The van der Waals surface area contributed by atoms with E-state index in [4.69, 9.17) is 0 Å². The molecular formula is C20H22FN3OS. The number of fused-ring (bicyclic) bond motifs is 1. The summed E-state index contributed by atoms with van der Waals surface area (Å²) in [5.74, 6) is 1.26. The standard InChI is InChI=1S/C20H22FN3OS/c1-14(13-26-17-9-7-16(21)8-10-17)20(25)22-11-12-24-15(2)23-18-5-3-4-6-19(18)24/h3-10,14H,11-13H2,1-2H3,(H,22,25). The van der Waals surface area contributed by atoms with Gasteiger partial charge in [0.1, 0.15) is 11.6 Å². The Morgan fingerprint density at radius 1 is 1.23 bits per heavy atom. The van der Waals surface area contributed by atoms with Crippen LogP contribution in [0.25, 0.3) is 11.0 Å². The van der Waals surface area contributed by atoms with Gasteiger partial charge in [-0.05, 0) is 43.3 Å². The summed E-state index contributed by atoms with van der Waals surface area (Å²) in [5.41, 5.74) is 2.06. The van der Waals surface area contributed by atoms with Crippen molar-refractivity contribution in [3.63, 3.8) is 0 Å². The van der Waals surface area contributed by atoms with Gasteiger partial charge in [0, 0.05) is 29.7 Å². The largest absolute Gasteiger partial charge is 0.354 e. The molecule has 0 saturated carbocycles. The Morgan fingerprint density at radius 3 is 2.73 bits per heavy atom. The second-order valence-electron chi connectivity index (χ2n) is 6.26. The van der Waals surface area contributed by atoms with Crippen LogP contribution in [0.2, 0.25) is 0 Å². The quantitative estimate of drug-likeness (QED) is 0.638. The van der Waals surface area contributed by atoms with Crippen LogP contribution in [-0.4, -0.2) is 27.8 Å². The van der Waals surface area contributed by atoms with Gasteiger partial charge in [-0.15, -0.1) is 11.8 Å². The number of carbonyl (C=O) groups excluding carboxylic acids is 1. The summed E-state index contributed by atoms with van der Waals surface area (Å²) < 4.78 is 15.0. The zero-order chi connectivity index (χ0) is 18.5. The Bertz CT molecular complexity index is 892. The van der Waals surface area contributed by atoms with Gasteiger partial charge in [-0.3, -0.25) is 4.79 Å². The topological polar surface area (TPSA) is 46.9 Å². The second kappa shape index (κ2) is 8.36. The number of halogens is 1. The van der Waals surface area contributed by atoms with Crippen LogP contribution in [0.1, 0.15) is 12.7 Å². The Balaban J connectivity index is 1.48. The van der Waals surface area contributed by atoms with Gasteiger partial charge in [0.25, 0.3) is 0 Å². The van der Waals surface area contributed by atoms with Crippen LogP contribution in [0.4, 0.5) is 4.39 Å². The van der Waals surface area contributed by atoms with Crippen LogP contribution in [0.5, 0.6) is 0 Å². The first-order chi connectivity index (χ1) is 12.5. The first-order valence-corrected chi connectivity index (χ1v) is 9.61. The molecule has 0 saturated heterocycles. The molecule has 1 amide bonds. The summed E-state index contributed by atoms with van der Waals surface area (Å²) in [6.07, 6.45) is 0. The van der Waals surface area contributed by atoms with E-state index in [1.54, 1.807) is 23.9 Å². The average Bonchev–Trinajstić information content (AvgIpc) is 2.96. The minimum absolute atomic E-state index is 0.0293. The number of rotatable bonds is 7. The summed E-state index contributed by atoms with van der Waals surface area (Å²) in [5, 5.41) is 3.00. The van der Waals surface area contributed by atoms with Crippen LogP contribution in [0.15, 0.2) is 53.4 Å². The monoisotopic (exact) mass is 371 g/mol. The lowest BCUT2D eigenvalue weighted by molar-refractivity contribution is -0.123. The predicted molar refractivity (Wildman–Crippen MR) is 104 cm³/mol. The molecule has 1 atom stereocenters. The molecule has 6 heteroatoms. The molecule has 0 aliphatic carbocycles. The molecule has 2 aromatic carbocycles. The minimum atomic E-state index is -0.248. The maximum absolute atomic E-state index is 12.9. The molecule has 0 fully saturated rings. The van der Waals surface area contributed by atoms with E-state index in [9.17, 15) is 9.18 Å². The molecule has 0 bridgehead atoms. The zero-order valence-electron chi connectivity index (χ0n) is 14.9. The lowest BCUT2D eigenvalue weighted by Gasteiger charge is -2.13. The fourth-order valence-electron chi connectivity index (χ4n) is 2.77. The number of carbonyl (C=O) groups is 1. The maximum atomic E-state index is 12.9. The summed E-state index contributed by atoms with van der Waals surface area (Å²) in [6, 6.07) is 14.3. The lowest BCUT2D eigenvalue weighted by Crippen LogP contribution is -2.33. The summed E-state index contributed by atoms with van der Waals surface area (Å²) in [6.45, 7) is 5.13. The van der Waals surface area contributed by atoms with E-state index in [0.717, 1.165) is 21.8 Å². The van der Waals surface area contributed by atoms with E-state index in [2.05, 4.69) is 14.9 Å². The van der Waals surface area contributed by atoms with Crippen LogP contribution in [0.3, 0.4) is 0 Å². The molecule has 26 heavy (non-hydrogen) atoms. The number of thioether (sulfide) groups is 1. The molecular weight excluding hydrogens is 349 g/mol. The molecule has 1 heterocycles. The minimum Gasteiger partial charge on any atom is -0.354 e. The van der Waals surface area contributed by atoms with E-state index >= 15 is 0 Å². The van der Waals surface area contributed by atoms with Gasteiger partial charge >= 0.3 is 0 Å². The third-order valence-corrected chi connectivity index (χ3v) is 5.51. The molecule has 1 unspecified atom stereocenters. The van der Waals surface area contributed by atoms with Crippen molar-refractivity contribution in [3.05, 3.63) is 60.2 Å². The van der Waals surface area contributed by atoms with E-state index in [1.807, 2.05) is 38.1 Å². The highest BCUT2D eigenvalue weighted by Gasteiger charge is 2.13. The predicted octanol–water partition coefficient (Wildman–Crippen LogP) is 4.03. The Hall–Kier alpha value is -2.34. The van der Waals surface area contributed by atoms with E-state index in [0.29, 0.717) is 18.8 Å². The fourth-order valence-corrected chi connectivity index (χ4v) is 3.69. The number of para-hydroxylation sites is 2. The molecule has 0 aliphatic heterocycles. The van der Waals surface area contributed by atoms with Crippen molar-refractivity contribution in [1.29, 1.82) is 0 Å². The summed E-state index contributed by atoms with van der Waals surface area (Å²) in [7, 11) is 0. The SMILES string of the molecule is Cc1nc2ccccc2n1CCNC(=O)C(C)CSc1ccc(F)cc1. The molecule has 0 radical (unpaired) electrons. The van der Waals surface area contributed by atoms with Crippen molar-refractivity contribution in [2.24, 2.45) is 5.92 Å². The molecule has 1 aromatic heterocycles. The molecule has 3 aromatic rings. The van der Waals surface area contributed by atoms with Gasteiger partial charge < -0.3 is 9.88 Å². The first-order valence-electron chi connectivity index (χ1n) is 8.62. The van der Waals surface area contributed by atoms with E-state index in [-0.39, 0.29) is 17.6 Å². The van der Waals surface area contributed by atoms with Crippen LogP contribution in [0, 0.1) is 18.7 Å². The van der Waals surface area contributed by atoms with E-state index in [1.165, 1.54) is 12.1 Å². The Morgan fingerprint density at radius 2 is 1.96 bits per heavy atom. The van der Waals surface area contributed by atoms with Gasteiger partial charge in [0.2, 0.25) is 5.91 Å². The van der Waals surface area contributed by atoms with Crippen molar-refractivity contribution in [1.82, 2.24) is 14.9 Å². The summed E-state index contributed by atoms with van der Waals surface area (Å²) in [4.78, 5) is 17.8. The number of hydrogen-bond acceptors (Lipinski definition) is 3. The number of imidazole rings is 1. The lowest BCUT2D eigenvalue weighted by atomic mass is 10.2. The summed E-state index contributed by atoms with van der Waals surface area (Å²) >= 11 is 1.56. The molecule has 0 spiro atoms. The highest BCUT2D eigenvalue weighted by atomic mass is 32.2. The second-order valence-corrected chi connectivity index (χ2v) is 7.35. The molecule has 136 valence electrons. The number of nitrogens with one attached hydrogen (secondary N) is 1. The molecule has 0 aliphatic rings. The smallest absolute Gasteiger partial charge is 0.223 e. The normalized spacial score (nSPS) is 12.3. The third-order valence-electron chi connectivity index (χ3n) is 4.24. The molecule has 4 nitrogen and oxygen atoms in total. The number of aromatic nitrogens is 2. The number of benzene rings is 2. The van der Waals surface area contributed by atoms with Crippen molar-refractivity contribution in [3.8, 4) is 0 Å². The van der Waals surface area contributed by atoms with E-state index < -0.39 is 0 Å². The van der Waals surface area contributed by atoms with Gasteiger partial charge in [-0.1, -0.05) is 19.1 Å². The van der Waals surface area contributed by atoms with Gasteiger partial charge in [0.05, 0.1) is 11.0 Å². The van der Waals surface area contributed by atoms with Crippen LogP contribution in [-0.2, 0) is 11.3 Å². The van der Waals surface area contributed by atoms with Crippen molar-refractivity contribution in [2.45, 2.75) is 25.3 Å². The van der Waals surface area contributed by atoms with Gasteiger partial charge in [0.15, 0.2) is 0 Å².